The largest absolute Gasteiger partial charge is 0.308 e. The van der Waals surface area contributed by atoms with E-state index in [1.54, 1.807) is 11.3 Å². The molecule has 3 rings (SSSR count). The number of nitrogens with one attached hydrogen (secondary N) is 1. The van der Waals surface area contributed by atoms with Gasteiger partial charge in [0.1, 0.15) is 5.78 Å². The Labute approximate surface area is 90.9 Å². The Morgan fingerprint density at radius 1 is 1.60 bits per heavy atom. The van der Waals surface area contributed by atoms with Crippen LogP contribution in [0.25, 0.3) is 4.96 Å². The van der Waals surface area contributed by atoms with Crippen LogP contribution in [-0.4, -0.2) is 21.7 Å². The number of rotatable bonds is 1. The summed E-state index contributed by atoms with van der Waals surface area (Å²) in [4.78, 5) is 16.8. The number of ketones is 1. The molecule has 0 aliphatic carbocycles. The van der Waals surface area contributed by atoms with Crippen LogP contribution in [0.1, 0.15) is 24.6 Å². The third-order valence-corrected chi connectivity index (χ3v) is 3.47. The van der Waals surface area contributed by atoms with Crippen molar-refractivity contribution in [3.05, 3.63) is 23.5 Å². The van der Waals surface area contributed by atoms with Crippen molar-refractivity contribution < 1.29 is 4.79 Å². The van der Waals surface area contributed by atoms with E-state index < -0.39 is 0 Å². The van der Waals surface area contributed by atoms with E-state index in [4.69, 9.17) is 0 Å². The second-order valence-corrected chi connectivity index (χ2v) is 4.63. The van der Waals surface area contributed by atoms with E-state index in [2.05, 4.69) is 10.3 Å². The van der Waals surface area contributed by atoms with E-state index in [1.165, 1.54) is 0 Å². The third-order valence-electron chi connectivity index (χ3n) is 2.70. The lowest BCUT2D eigenvalue weighted by molar-refractivity contribution is -0.120. The normalized spacial score (nSPS) is 22.4. The number of Topliss-reactive ketones (excluding diaryl/α,β-unsaturated/α-hetero) is 1. The van der Waals surface area contributed by atoms with Crippen molar-refractivity contribution in [2.24, 2.45) is 0 Å². The molecule has 1 aliphatic heterocycles. The minimum Gasteiger partial charge on any atom is -0.308 e. The molecule has 3 heterocycles. The highest BCUT2D eigenvalue weighted by atomic mass is 32.1. The summed E-state index contributed by atoms with van der Waals surface area (Å²) in [7, 11) is 0. The first-order valence-electron chi connectivity index (χ1n) is 5.00. The molecule has 1 atom stereocenters. The number of carbonyl (C=O) groups is 1. The summed E-state index contributed by atoms with van der Waals surface area (Å²) in [5, 5.41) is 5.33. The summed E-state index contributed by atoms with van der Waals surface area (Å²) in [5.74, 6) is 0.329. The van der Waals surface area contributed by atoms with Gasteiger partial charge in [-0.1, -0.05) is 0 Å². The van der Waals surface area contributed by atoms with Crippen molar-refractivity contribution in [1.29, 1.82) is 0 Å². The maximum atomic E-state index is 11.3. The quantitative estimate of drug-likeness (QED) is 0.791. The molecular weight excluding hydrogens is 210 g/mol. The molecule has 5 heteroatoms. The molecule has 0 spiro atoms. The zero-order chi connectivity index (χ0) is 10.3. The predicted octanol–water partition coefficient (Wildman–Crippen LogP) is 1.39. The number of hydrogen-bond donors (Lipinski definition) is 1. The SMILES string of the molecule is O=C1CCNC(c2cn3ccsc3n2)C1. The highest BCUT2D eigenvalue weighted by molar-refractivity contribution is 7.15. The molecule has 1 fully saturated rings. The lowest BCUT2D eigenvalue weighted by Crippen LogP contribution is -2.32. The molecule has 1 saturated heterocycles. The van der Waals surface area contributed by atoms with Crippen molar-refractivity contribution in [1.82, 2.24) is 14.7 Å². The van der Waals surface area contributed by atoms with Crippen molar-refractivity contribution in [3.63, 3.8) is 0 Å². The fourth-order valence-corrected chi connectivity index (χ4v) is 2.62. The van der Waals surface area contributed by atoms with Gasteiger partial charge in [-0.15, -0.1) is 11.3 Å². The van der Waals surface area contributed by atoms with Crippen molar-refractivity contribution in [3.8, 4) is 0 Å². The Kier molecular flexibility index (Phi) is 2.07. The lowest BCUT2D eigenvalue weighted by Gasteiger charge is -2.20. The number of carbonyl (C=O) groups excluding carboxylic acids is 1. The van der Waals surface area contributed by atoms with Gasteiger partial charge in [-0.25, -0.2) is 4.98 Å². The summed E-state index contributed by atoms with van der Waals surface area (Å²) in [6, 6.07) is 0.110. The standard InChI is InChI=1S/C10H11N3OS/c14-7-1-2-11-8(5-7)9-6-13-3-4-15-10(13)12-9/h3-4,6,8,11H,1-2,5H2. The number of aromatic nitrogens is 2. The first-order chi connectivity index (χ1) is 7.33. The van der Waals surface area contributed by atoms with E-state index in [-0.39, 0.29) is 6.04 Å². The molecule has 0 aromatic carbocycles. The summed E-state index contributed by atoms with van der Waals surface area (Å²) in [5.41, 5.74) is 0.981. The maximum absolute atomic E-state index is 11.3. The molecule has 1 N–H and O–H groups in total. The highest BCUT2D eigenvalue weighted by Gasteiger charge is 2.22. The van der Waals surface area contributed by atoms with Gasteiger partial charge < -0.3 is 5.32 Å². The fraction of sp³-hybridized carbons (Fsp3) is 0.400. The van der Waals surface area contributed by atoms with E-state index in [0.29, 0.717) is 18.6 Å². The summed E-state index contributed by atoms with van der Waals surface area (Å²) < 4.78 is 2.00. The third kappa shape index (κ3) is 1.57. The van der Waals surface area contributed by atoms with Gasteiger partial charge in [-0.3, -0.25) is 9.20 Å². The molecule has 0 bridgehead atoms. The van der Waals surface area contributed by atoms with Crippen LogP contribution < -0.4 is 5.32 Å². The fourth-order valence-electron chi connectivity index (χ4n) is 1.91. The first-order valence-corrected chi connectivity index (χ1v) is 5.88. The Morgan fingerprint density at radius 3 is 3.33 bits per heavy atom. The Bertz CT molecular complexity index is 473. The number of piperidine rings is 1. The summed E-state index contributed by atoms with van der Waals surface area (Å²) >= 11 is 1.61. The van der Waals surface area contributed by atoms with Crippen molar-refractivity contribution in [2.45, 2.75) is 18.9 Å². The van der Waals surface area contributed by atoms with Gasteiger partial charge in [0.15, 0.2) is 4.96 Å². The van der Waals surface area contributed by atoms with Crippen LogP contribution in [0.3, 0.4) is 0 Å². The number of nitrogens with zero attached hydrogens (tertiary/aromatic N) is 2. The Morgan fingerprint density at radius 2 is 2.53 bits per heavy atom. The van der Waals surface area contributed by atoms with Gasteiger partial charge in [0, 0.05) is 37.2 Å². The first kappa shape index (κ1) is 9.06. The van der Waals surface area contributed by atoms with E-state index >= 15 is 0 Å². The number of fused-ring (bicyclic) bond motifs is 1. The van der Waals surface area contributed by atoms with E-state index in [9.17, 15) is 4.79 Å². The van der Waals surface area contributed by atoms with Gasteiger partial charge >= 0.3 is 0 Å². The number of thiazole rings is 1. The molecule has 2 aromatic heterocycles. The average Bonchev–Trinajstić information content (AvgIpc) is 2.76. The molecule has 78 valence electrons. The lowest BCUT2D eigenvalue weighted by atomic mass is 10.0. The minimum atomic E-state index is 0.110. The van der Waals surface area contributed by atoms with E-state index in [0.717, 1.165) is 17.2 Å². The molecule has 4 nitrogen and oxygen atoms in total. The monoisotopic (exact) mass is 221 g/mol. The van der Waals surface area contributed by atoms with Crippen LogP contribution in [-0.2, 0) is 4.79 Å². The molecule has 0 amide bonds. The number of imidazole rings is 1. The summed E-state index contributed by atoms with van der Waals surface area (Å²) in [6.45, 7) is 0.772. The highest BCUT2D eigenvalue weighted by Crippen LogP contribution is 2.22. The topological polar surface area (TPSA) is 46.4 Å². The van der Waals surface area contributed by atoms with Gasteiger partial charge in [0.2, 0.25) is 0 Å². The number of hydrogen-bond acceptors (Lipinski definition) is 4. The van der Waals surface area contributed by atoms with E-state index in [1.807, 2.05) is 22.2 Å². The Balaban J connectivity index is 1.92. The Hall–Kier alpha value is -1.20. The molecule has 2 aromatic rings. The van der Waals surface area contributed by atoms with Crippen LogP contribution in [0.5, 0.6) is 0 Å². The zero-order valence-corrected chi connectivity index (χ0v) is 8.96. The predicted molar refractivity (Wildman–Crippen MR) is 58.1 cm³/mol. The maximum Gasteiger partial charge on any atom is 0.193 e. The van der Waals surface area contributed by atoms with Crippen LogP contribution >= 0.6 is 11.3 Å². The molecule has 0 saturated carbocycles. The minimum absolute atomic E-state index is 0.110. The molecule has 0 radical (unpaired) electrons. The van der Waals surface area contributed by atoms with Crippen molar-refractivity contribution >= 4 is 22.1 Å². The van der Waals surface area contributed by atoms with Crippen LogP contribution in [0, 0.1) is 0 Å². The van der Waals surface area contributed by atoms with Gasteiger partial charge in [0.25, 0.3) is 0 Å². The van der Waals surface area contributed by atoms with Gasteiger partial charge in [0.05, 0.1) is 11.7 Å². The summed E-state index contributed by atoms with van der Waals surface area (Å²) in [6.07, 6.45) is 5.22. The molecule has 1 unspecified atom stereocenters. The second kappa shape index (κ2) is 3.43. The average molecular weight is 221 g/mol. The van der Waals surface area contributed by atoms with Crippen LogP contribution in [0.2, 0.25) is 0 Å². The zero-order valence-electron chi connectivity index (χ0n) is 8.14. The molecular formula is C10H11N3OS. The van der Waals surface area contributed by atoms with Crippen LogP contribution in [0.4, 0.5) is 0 Å². The smallest absolute Gasteiger partial charge is 0.193 e. The molecule has 15 heavy (non-hydrogen) atoms. The van der Waals surface area contributed by atoms with Gasteiger partial charge in [-0.2, -0.15) is 0 Å². The second-order valence-electron chi connectivity index (χ2n) is 3.76. The van der Waals surface area contributed by atoms with Gasteiger partial charge in [-0.05, 0) is 0 Å². The molecule has 1 aliphatic rings. The van der Waals surface area contributed by atoms with Crippen molar-refractivity contribution in [2.75, 3.05) is 6.54 Å². The van der Waals surface area contributed by atoms with Crippen LogP contribution in [0.15, 0.2) is 17.8 Å².